The first-order chi connectivity index (χ1) is 7.63. The lowest BCUT2D eigenvalue weighted by atomic mass is 10.5. The van der Waals surface area contributed by atoms with E-state index in [-0.39, 0.29) is 9.81 Å². The van der Waals surface area contributed by atoms with Crippen molar-refractivity contribution in [3.05, 3.63) is 20.1 Å². The zero-order chi connectivity index (χ0) is 12.1. The summed E-state index contributed by atoms with van der Waals surface area (Å²) in [6.45, 7) is 0. The molecule has 1 aliphatic rings. The maximum absolute atomic E-state index is 11.4. The zero-order valence-electron chi connectivity index (χ0n) is 8.60. The number of esters is 2. The summed E-state index contributed by atoms with van der Waals surface area (Å²) in [6.07, 6.45) is 6.59. The Morgan fingerprint density at radius 1 is 1.19 bits per heavy atom. The van der Waals surface area contributed by atoms with E-state index in [9.17, 15) is 9.59 Å². The van der Waals surface area contributed by atoms with Crippen molar-refractivity contribution in [1.82, 2.24) is 0 Å². The molecule has 0 fully saturated rings. The van der Waals surface area contributed by atoms with Crippen LogP contribution in [0.3, 0.4) is 0 Å². The van der Waals surface area contributed by atoms with E-state index in [0.29, 0.717) is 4.24 Å². The standard InChI is InChI=1S/C10H8O4S2/c1-4-5-6-15-7(9(11)13-2)8(16-6)10(12)14-3/h1,5H,2-3H3. The van der Waals surface area contributed by atoms with E-state index in [2.05, 4.69) is 15.4 Å². The van der Waals surface area contributed by atoms with E-state index < -0.39 is 11.9 Å². The minimum absolute atomic E-state index is 0.209. The Bertz CT molecular complexity index is 399. The third-order valence-corrected chi connectivity index (χ3v) is 3.97. The number of hydrogen-bond donors (Lipinski definition) is 0. The van der Waals surface area contributed by atoms with Gasteiger partial charge in [0.05, 0.1) is 18.5 Å². The second-order valence-corrected chi connectivity index (χ2v) is 4.84. The molecule has 0 atom stereocenters. The molecule has 0 aromatic carbocycles. The average molecular weight is 256 g/mol. The SMILES string of the molecule is C#CC=C1SC(C(=O)OC)=C(C(=O)OC)S1. The second kappa shape index (κ2) is 5.68. The molecule has 0 radical (unpaired) electrons. The van der Waals surface area contributed by atoms with Crippen LogP contribution in [0.1, 0.15) is 0 Å². The van der Waals surface area contributed by atoms with Crippen LogP contribution in [0.15, 0.2) is 20.1 Å². The fourth-order valence-electron chi connectivity index (χ4n) is 0.896. The van der Waals surface area contributed by atoms with Gasteiger partial charge in [0.25, 0.3) is 0 Å². The highest BCUT2D eigenvalue weighted by molar-refractivity contribution is 8.29. The van der Waals surface area contributed by atoms with Crippen molar-refractivity contribution in [3.8, 4) is 12.3 Å². The summed E-state index contributed by atoms with van der Waals surface area (Å²) in [5, 5.41) is 0. The Kier molecular flexibility index (Phi) is 4.52. The Hall–Kier alpha value is -1.32. The van der Waals surface area contributed by atoms with Crippen LogP contribution in [0, 0.1) is 12.3 Å². The minimum Gasteiger partial charge on any atom is -0.465 e. The van der Waals surface area contributed by atoms with Gasteiger partial charge >= 0.3 is 11.9 Å². The number of terminal acetylenes is 1. The van der Waals surface area contributed by atoms with E-state index >= 15 is 0 Å². The van der Waals surface area contributed by atoms with Crippen LogP contribution in [-0.4, -0.2) is 26.2 Å². The van der Waals surface area contributed by atoms with Gasteiger partial charge in [-0.15, -0.1) is 6.42 Å². The smallest absolute Gasteiger partial charge is 0.346 e. The van der Waals surface area contributed by atoms with Crippen molar-refractivity contribution in [2.45, 2.75) is 0 Å². The molecule has 0 N–H and O–H groups in total. The summed E-state index contributed by atoms with van der Waals surface area (Å²) >= 11 is 2.21. The normalized spacial score (nSPS) is 14.4. The lowest BCUT2D eigenvalue weighted by Gasteiger charge is -2.00. The van der Waals surface area contributed by atoms with Gasteiger partial charge in [-0.3, -0.25) is 0 Å². The lowest BCUT2D eigenvalue weighted by Crippen LogP contribution is -2.08. The first-order valence-electron chi connectivity index (χ1n) is 4.07. The highest BCUT2D eigenvalue weighted by Gasteiger charge is 2.31. The first kappa shape index (κ1) is 12.7. The van der Waals surface area contributed by atoms with Gasteiger partial charge in [-0.1, -0.05) is 29.4 Å². The zero-order valence-corrected chi connectivity index (χ0v) is 10.2. The van der Waals surface area contributed by atoms with Crippen LogP contribution >= 0.6 is 23.5 Å². The minimum atomic E-state index is -0.571. The summed E-state index contributed by atoms with van der Waals surface area (Å²) in [5.41, 5.74) is 0. The van der Waals surface area contributed by atoms with E-state index in [1.165, 1.54) is 20.3 Å². The number of thioether (sulfide) groups is 2. The van der Waals surface area contributed by atoms with Crippen molar-refractivity contribution in [2.24, 2.45) is 0 Å². The van der Waals surface area contributed by atoms with E-state index in [1.807, 2.05) is 0 Å². The van der Waals surface area contributed by atoms with Gasteiger partial charge in [-0.2, -0.15) is 0 Å². The molecule has 0 aliphatic carbocycles. The van der Waals surface area contributed by atoms with Crippen LogP contribution in [0.5, 0.6) is 0 Å². The number of methoxy groups -OCH3 is 2. The molecule has 0 aromatic heterocycles. The maximum Gasteiger partial charge on any atom is 0.346 e. The Morgan fingerprint density at radius 2 is 1.62 bits per heavy atom. The van der Waals surface area contributed by atoms with Gasteiger partial charge in [0.15, 0.2) is 0 Å². The summed E-state index contributed by atoms with van der Waals surface area (Å²) in [4.78, 5) is 23.2. The van der Waals surface area contributed by atoms with Crippen LogP contribution in [0.4, 0.5) is 0 Å². The average Bonchev–Trinajstić information content (AvgIpc) is 2.71. The number of hydrogen-bond acceptors (Lipinski definition) is 6. The van der Waals surface area contributed by atoms with Gasteiger partial charge in [-0.25, -0.2) is 9.59 Å². The fraction of sp³-hybridized carbons (Fsp3) is 0.200. The largest absolute Gasteiger partial charge is 0.465 e. The first-order valence-corrected chi connectivity index (χ1v) is 5.70. The number of carbonyl (C=O) groups is 2. The van der Waals surface area contributed by atoms with Gasteiger partial charge in [-0.05, 0) is 0 Å². The van der Waals surface area contributed by atoms with Crippen LogP contribution in [-0.2, 0) is 19.1 Å². The van der Waals surface area contributed by atoms with E-state index in [1.54, 1.807) is 0 Å². The maximum atomic E-state index is 11.4. The third-order valence-electron chi connectivity index (χ3n) is 1.55. The molecule has 4 nitrogen and oxygen atoms in total. The fourth-order valence-corrected chi connectivity index (χ4v) is 3.15. The van der Waals surface area contributed by atoms with Crippen LogP contribution < -0.4 is 0 Å². The molecule has 1 heterocycles. The predicted molar refractivity (Wildman–Crippen MR) is 63.2 cm³/mol. The quantitative estimate of drug-likeness (QED) is 0.551. The van der Waals surface area contributed by atoms with E-state index in [0.717, 1.165) is 23.5 Å². The van der Waals surface area contributed by atoms with Crippen molar-refractivity contribution >= 4 is 35.5 Å². The van der Waals surface area contributed by atoms with Crippen molar-refractivity contribution in [2.75, 3.05) is 14.2 Å². The summed E-state index contributed by atoms with van der Waals surface area (Å²) in [6, 6.07) is 0. The topological polar surface area (TPSA) is 52.6 Å². The molecule has 0 saturated heterocycles. The summed E-state index contributed by atoms with van der Waals surface area (Å²) in [5.74, 6) is 1.19. The van der Waals surface area contributed by atoms with Gasteiger partial charge in [0, 0.05) is 6.08 Å². The molecular weight excluding hydrogens is 248 g/mol. The predicted octanol–water partition coefficient (Wildman–Crippen LogP) is 1.50. The summed E-state index contributed by atoms with van der Waals surface area (Å²) < 4.78 is 9.81. The molecule has 0 aromatic rings. The molecule has 0 saturated carbocycles. The monoisotopic (exact) mass is 256 g/mol. The van der Waals surface area contributed by atoms with Gasteiger partial charge < -0.3 is 9.47 Å². The molecular formula is C10H8O4S2. The van der Waals surface area contributed by atoms with Crippen molar-refractivity contribution in [3.63, 3.8) is 0 Å². The highest BCUT2D eigenvalue weighted by atomic mass is 32.2. The molecule has 0 bridgehead atoms. The molecule has 0 unspecified atom stereocenters. The number of ether oxygens (including phenoxy) is 2. The summed E-state index contributed by atoms with van der Waals surface area (Å²) in [7, 11) is 2.50. The highest BCUT2D eigenvalue weighted by Crippen LogP contribution is 2.49. The Balaban J connectivity index is 3.04. The third kappa shape index (κ3) is 2.62. The lowest BCUT2D eigenvalue weighted by molar-refractivity contribution is -0.138. The Labute approximate surface area is 101 Å². The molecule has 1 rings (SSSR count). The molecule has 0 spiro atoms. The van der Waals surface area contributed by atoms with E-state index in [4.69, 9.17) is 6.42 Å². The number of allylic oxidation sites excluding steroid dienone is 1. The Morgan fingerprint density at radius 3 is 1.94 bits per heavy atom. The van der Waals surface area contributed by atoms with Crippen LogP contribution in [0.2, 0.25) is 0 Å². The molecule has 0 amide bonds. The van der Waals surface area contributed by atoms with Crippen molar-refractivity contribution in [1.29, 1.82) is 0 Å². The van der Waals surface area contributed by atoms with Gasteiger partial charge in [0.2, 0.25) is 0 Å². The number of carbonyl (C=O) groups excluding carboxylic acids is 2. The van der Waals surface area contributed by atoms with Gasteiger partial charge in [0.1, 0.15) is 9.81 Å². The molecule has 6 heteroatoms. The molecule has 84 valence electrons. The number of rotatable bonds is 2. The second-order valence-electron chi connectivity index (χ2n) is 2.48. The van der Waals surface area contributed by atoms with Crippen molar-refractivity contribution < 1.29 is 19.1 Å². The molecule has 1 aliphatic heterocycles. The van der Waals surface area contributed by atoms with Crippen LogP contribution in [0.25, 0.3) is 0 Å². The molecule has 16 heavy (non-hydrogen) atoms.